The van der Waals surface area contributed by atoms with Gasteiger partial charge in [0.05, 0.1) is 5.92 Å². The van der Waals surface area contributed by atoms with Gasteiger partial charge in [0, 0.05) is 35.6 Å². The molecule has 0 aliphatic carbocycles. The number of likely N-dealkylation sites (N-methyl/N-ethyl adjacent to an activating group) is 1. The number of likely N-dealkylation sites (tertiary alicyclic amines) is 1. The first-order valence-corrected chi connectivity index (χ1v) is 14.3. The van der Waals surface area contributed by atoms with Crippen LogP contribution in [0.15, 0.2) is 89.8 Å². The zero-order valence-electron chi connectivity index (χ0n) is 21.6. The third-order valence-electron chi connectivity index (χ3n) is 8.38. The number of hydrogen-bond acceptors (Lipinski definition) is 3. The van der Waals surface area contributed by atoms with Crippen LogP contribution in [0, 0.1) is 0 Å². The van der Waals surface area contributed by atoms with E-state index in [-0.39, 0.29) is 11.8 Å². The van der Waals surface area contributed by atoms with Crippen molar-refractivity contribution in [1.29, 1.82) is 0 Å². The summed E-state index contributed by atoms with van der Waals surface area (Å²) < 4.78 is 0. The number of thioether (sulfide) groups is 1. The Morgan fingerprint density at radius 1 is 0.917 bits per heavy atom. The van der Waals surface area contributed by atoms with Gasteiger partial charge in [-0.25, -0.2) is 0 Å². The highest BCUT2D eigenvalue weighted by molar-refractivity contribution is 7.99. The predicted octanol–water partition coefficient (Wildman–Crippen LogP) is 6.56. The number of piperidine rings is 1. The summed E-state index contributed by atoms with van der Waals surface area (Å²) in [7, 11) is 1.97. The first-order chi connectivity index (χ1) is 17.6. The molecule has 0 aromatic heterocycles. The van der Waals surface area contributed by atoms with Crippen LogP contribution in [0.3, 0.4) is 0 Å². The Kier molecular flexibility index (Phi) is 7.83. The van der Waals surface area contributed by atoms with Crippen molar-refractivity contribution in [2.24, 2.45) is 0 Å². The molecule has 2 aliphatic rings. The predicted molar refractivity (Wildman–Crippen MR) is 151 cm³/mol. The maximum absolute atomic E-state index is 13.3. The minimum absolute atomic E-state index is 0.127. The molecule has 2 atom stereocenters. The molecule has 36 heavy (non-hydrogen) atoms. The molecule has 1 spiro atoms. The van der Waals surface area contributed by atoms with Crippen LogP contribution in [0.25, 0.3) is 0 Å². The van der Waals surface area contributed by atoms with Crippen molar-refractivity contribution in [3.63, 3.8) is 0 Å². The van der Waals surface area contributed by atoms with E-state index in [0.717, 1.165) is 38.2 Å². The van der Waals surface area contributed by atoms with Crippen LogP contribution in [0.5, 0.6) is 0 Å². The van der Waals surface area contributed by atoms with Gasteiger partial charge < -0.3 is 9.80 Å². The van der Waals surface area contributed by atoms with E-state index in [0.29, 0.717) is 11.3 Å². The van der Waals surface area contributed by atoms with Gasteiger partial charge in [-0.3, -0.25) is 4.79 Å². The summed E-state index contributed by atoms with van der Waals surface area (Å²) in [5, 5.41) is 0. The third-order valence-corrected chi connectivity index (χ3v) is 9.74. The maximum Gasteiger partial charge on any atom is 0.229 e. The number of carbonyl (C=O) groups excluding carboxylic acids is 1. The molecule has 188 valence electrons. The van der Waals surface area contributed by atoms with E-state index in [1.54, 1.807) is 5.56 Å². The van der Waals surface area contributed by atoms with Gasteiger partial charge in [-0.05, 0) is 68.6 Å². The van der Waals surface area contributed by atoms with Gasteiger partial charge in [0.15, 0.2) is 0 Å². The number of carbonyl (C=O) groups is 1. The Labute approximate surface area is 220 Å². The van der Waals surface area contributed by atoms with Crippen LogP contribution in [0.4, 0.5) is 0 Å². The van der Waals surface area contributed by atoms with E-state index < -0.39 is 0 Å². The molecule has 3 nitrogen and oxygen atoms in total. The van der Waals surface area contributed by atoms with Crippen LogP contribution >= 0.6 is 11.8 Å². The van der Waals surface area contributed by atoms with Crippen LogP contribution < -0.4 is 0 Å². The average molecular weight is 499 g/mol. The second-order valence-electron chi connectivity index (χ2n) is 10.7. The summed E-state index contributed by atoms with van der Waals surface area (Å²) in [6.07, 6.45) is 3.57. The van der Waals surface area contributed by atoms with Crippen molar-refractivity contribution in [3.05, 3.63) is 102 Å². The van der Waals surface area contributed by atoms with E-state index in [9.17, 15) is 4.79 Å². The van der Waals surface area contributed by atoms with Gasteiger partial charge in [-0.15, -0.1) is 11.8 Å². The van der Waals surface area contributed by atoms with E-state index in [4.69, 9.17) is 0 Å². The molecule has 0 N–H and O–H groups in total. The van der Waals surface area contributed by atoms with Crippen LogP contribution in [0.2, 0.25) is 0 Å². The number of benzene rings is 3. The quantitative estimate of drug-likeness (QED) is 0.351. The molecule has 1 saturated heterocycles. The number of amides is 1. The smallest absolute Gasteiger partial charge is 0.229 e. The molecule has 3 aromatic rings. The number of rotatable bonds is 8. The maximum atomic E-state index is 13.3. The SMILES string of the molecule is C[C@@H](C(=O)N(C)C[C@H](CCN1CCC2(CC1)CSc1ccccc12)c1ccccc1)c1ccccc1. The zero-order valence-corrected chi connectivity index (χ0v) is 22.4. The highest BCUT2D eigenvalue weighted by Crippen LogP contribution is 2.49. The normalized spacial score (nSPS) is 18.5. The van der Waals surface area contributed by atoms with Gasteiger partial charge in [0.2, 0.25) is 5.91 Å². The lowest BCUT2D eigenvalue weighted by Gasteiger charge is -2.40. The lowest BCUT2D eigenvalue weighted by Crippen LogP contribution is -2.43. The first-order valence-electron chi connectivity index (χ1n) is 13.4. The summed E-state index contributed by atoms with van der Waals surface area (Å²) in [5.41, 5.74) is 4.37. The van der Waals surface area contributed by atoms with Crippen molar-refractivity contribution >= 4 is 17.7 Å². The minimum atomic E-state index is -0.127. The van der Waals surface area contributed by atoms with E-state index in [1.807, 2.05) is 48.8 Å². The Bertz CT molecular complexity index is 1140. The molecule has 3 aromatic carbocycles. The Balaban J connectivity index is 1.21. The van der Waals surface area contributed by atoms with Gasteiger partial charge in [0.25, 0.3) is 0 Å². The Hall–Kier alpha value is -2.56. The summed E-state index contributed by atoms with van der Waals surface area (Å²) in [4.78, 5) is 19.4. The number of hydrogen-bond donors (Lipinski definition) is 0. The lowest BCUT2D eigenvalue weighted by atomic mass is 9.74. The molecule has 2 aliphatic heterocycles. The standard InChI is InChI=1S/C32H38N2OS/c1-25(26-11-5-3-6-12-26)31(35)33(2)23-28(27-13-7-4-8-14-27)17-20-34-21-18-32(19-22-34)24-36-30-16-10-9-15-29(30)32/h3-16,25,28H,17-24H2,1-2H3/t25-,28+/m1/s1. The molecule has 0 bridgehead atoms. The second-order valence-corrected chi connectivity index (χ2v) is 11.7. The third kappa shape index (κ3) is 5.40. The Morgan fingerprint density at radius 3 is 2.22 bits per heavy atom. The number of nitrogens with zero attached hydrogens (tertiary/aromatic N) is 2. The van der Waals surface area contributed by atoms with Crippen molar-refractivity contribution in [3.8, 4) is 0 Å². The lowest BCUT2D eigenvalue weighted by molar-refractivity contribution is -0.131. The molecular formula is C32H38N2OS. The fraction of sp³-hybridized carbons (Fsp3) is 0.406. The van der Waals surface area contributed by atoms with Crippen molar-refractivity contribution in [2.45, 2.75) is 48.3 Å². The molecular weight excluding hydrogens is 460 g/mol. The molecule has 0 saturated carbocycles. The van der Waals surface area contributed by atoms with Crippen molar-refractivity contribution < 1.29 is 4.79 Å². The van der Waals surface area contributed by atoms with E-state index >= 15 is 0 Å². The summed E-state index contributed by atoms with van der Waals surface area (Å²) in [6, 6.07) is 29.9. The molecule has 4 heteroatoms. The van der Waals surface area contributed by atoms with Gasteiger partial charge in [-0.2, -0.15) is 0 Å². The van der Waals surface area contributed by atoms with Crippen LogP contribution in [0.1, 0.15) is 54.7 Å². The number of fused-ring (bicyclic) bond motifs is 2. The summed E-state index contributed by atoms with van der Waals surface area (Å²) in [6.45, 7) is 6.18. The van der Waals surface area contributed by atoms with E-state index in [1.165, 1.54) is 29.1 Å². The molecule has 2 heterocycles. The average Bonchev–Trinajstić information content (AvgIpc) is 3.30. The van der Waals surface area contributed by atoms with Gasteiger partial charge in [0.1, 0.15) is 0 Å². The molecule has 1 fully saturated rings. The molecule has 0 radical (unpaired) electrons. The monoisotopic (exact) mass is 498 g/mol. The summed E-state index contributed by atoms with van der Waals surface area (Å²) in [5.74, 6) is 1.64. The van der Waals surface area contributed by atoms with Crippen LogP contribution in [-0.4, -0.2) is 54.7 Å². The minimum Gasteiger partial charge on any atom is -0.345 e. The summed E-state index contributed by atoms with van der Waals surface area (Å²) >= 11 is 2.04. The van der Waals surface area contributed by atoms with Crippen molar-refractivity contribution in [1.82, 2.24) is 9.80 Å². The van der Waals surface area contributed by atoms with Crippen molar-refractivity contribution in [2.75, 3.05) is 39.0 Å². The fourth-order valence-electron chi connectivity index (χ4n) is 6.01. The highest BCUT2D eigenvalue weighted by Gasteiger charge is 2.41. The van der Waals surface area contributed by atoms with Crippen LogP contribution in [-0.2, 0) is 10.2 Å². The molecule has 5 rings (SSSR count). The fourth-order valence-corrected chi connectivity index (χ4v) is 7.50. The highest BCUT2D eigenvalue weighted by atomic mass is 32.2. The largest absolute Gasteiger partial charge is 0.345 e. The van der Waals surface area contributed by atoms with Gasteiger partial charge >= 0.3 is 0 Å². The zero-order chi connectivity index (χ0) is 25.0. The molecule has 0 unspecified atom stereocenters. The van der Waals surface area contributed by atoms with E-state index in [2.05, 4.69) is 71.6 Å². The van der Waals surface area contributed by atoms with Gasteiger partial charge in [-0.1, -0.05) is 78.9 Å². The second kappa shape index (κ2) is 11.2. The molecule has 1 amide bonds. The first kappa shape index (κ1) is 25.1. The Morgan fingerprint density at radius 2 is 1.53 bits per heavy atom. The topological polar surface area (TPSA) is 23.6 Å².